The van der Waals surface area contributed by atoms with Gasteiger partial charge in [0.15, 0.2) is 11.6 Å². The van der Waals surface area contributed by atoms with Gasteiger partial charge >= 0.3 is 0 Å². The minimum atomic E-state index is -0.120. The fraction of sp³-hybridized carbons (Fsp3) is 0.417. The van der Waals surface area contributed by atoms with E-state index in [2.05, 4.69) is 0 Å². The molecule has 150 valence electrons. The fourth-order valence-corrected chi connectivity index (χ4v) is 3.57. The van der Waals surface area contributed by atoms with E-state index in [1.165, 1.54) is 0 Å². The van der Waals surface area contributed by atoms with Crippen molar-refractivity contribution >= 4 is 11.6 Å². The molecule has 4 nitrogen and oxygen atoms in total. The Balaban J connectivity index is 2.14. The van der Waals surface area contributed by atoms with Crippen molar-refractivity contribution in [3.63, 3.8) is 0 Å². The Labute approximate surface area is 169 Å². The first-order valence-corrected chi connectivity index (χ1v) is 9.86. The first-order valence-electron chi connectivity index (χ1n) is 9.86. The van der Waals surface area contributed by atoms with Crippen molar-refractivity contribution in [2.45, 2.75) is 12.8 Å². The normalized spacial score (nSPS) is 13.5. The van der Waals surface area contributed by atoms with Crippen LogP contribution in [0.3, 0.4) is 0 Å². The molecule has 28 heavy (non-hydrogen) atoms. The maximum absolute atomic E-state index is 13.0. The lowest BCUT2D eigenvalue weighted by Gasteiger charge is -2.24. The fourth-order valence-electron chi connectivity index (χ4n) is 3.57. The Bertz CT molecular complexity index is 676. The zero-order valence-corrected chi connectivity index (χ0v) is 17.5. The molecule has 0 aliphatic rings. The van der Waals surface area contributed by atoms with Crippen LogP contribution in [0.15, 0.2) is 60.7 Å². The summed E-state index contributed by atoms with van der Waals surface area (Å²) in [5.41, 5.74) is 1.49. The van der Waals surface area contributed by atoms with Gasteiger partial charge in [0.25, 0.3) is 0 Å². The van der Waals surface area contributed by atoms with Crippen LogP contribution in [0.4, 0.5) is 0 Å². The van der Waals surface area contributed by atoms with E-state index in [4.69, 9.17) is 0 Å². The maximum Gasteiger partial charge on any atom is 0.167 e. The van der Waals surface area contributed by atoms with Crippen molar-refractivity contribution in [3.05, 3.63) is 71.8 Å². The molecule has 0 aliphatic heterocycles. The molecule has 4 heteroatoms. The monoisotopic (exact) mass is 380 g/mol. The summed E-state index contributed by atoms with van der Waals surface area (Å²) in [5.74, 6) is 0.0754. The van der Waals surface area contributed by atoms with Gasteiger partial charge in [0.05, 0.1) is 0 Å². The van der Waals surface area contributed by atoms with Crippen LogP contribution in [0.1, 0.15) is 33.6 Å². The Morgan fingerprint density at radius 2 is 0.964 bits per heavy atom. The summed E-state index contributed by atoms with van der Waals surface area (Å²) in [6.45, 7) is 1.36. The summed E-state index contributed by atoms with van der Waals surface area (Å²) in [4.78, 5) is 30.2. The van der Waals surface area contributed by atoms with Crippen LogP contribution in [0.25, 0.3) is 0 Å². The molecule has 2 atom stereocenters. The highest BCUT2D eigenvalue weighted by molar-refractivity contribution is 5.99. The molecular weight excluding hydrogens is 348 g/mol. The number of carbonyl (C=O) groups excluding carboxylic acids is 2. The largest absolute Gasteiger partial charge is 0.309 e. The van der Waals surface area contributed by atoms with Crippen LogP contribution < -0.4 is 0 Å². The molecule has 0 aromatic heterocycles. The number of benzene rings is 2. The Hall–Kier alpha value is -2.30. The third-order valence-electron chi connectivity index (χ3n) is 4.89. The minimum absolute atomic E-state index is 0.120. The van der Waals surface area contributed by atoms with Crippen molar-refractivity contribution in [3.8, 4) is 0 Å². The highest BCUT2D eigenvalue weighted by Gasteiger charge is 2.26. The third kappa shape index (κ3) is 6.70. The lowest BCUT2D eigenvalue weighted by Crippen LogP contribution is -2.32. The summed E-state index contributed by atoms with van der Waals surface area (Å²) in [7, 11) is 7.94. The average molecular weight is 381 g/mol. The van der Waals surface area contributed by atoms with Crippen molar-refractivity contribution in [1.82, 2.24) is 9.80 Å². The Morgan fingerprint density at radius 1 is 0.643 bits per heavy atom. The average Bonchev–Trinajstić information content (AvgIpc) is 2.69. The predicted octanol–water partition coefficient (Wildman–Crippen LogP) is 3.89. The zero-order chi connectivity index (χ0) is 20.5. The molecule has 0 saturated heterocycles. The predicted molar refractivity (Wildman–Crippen MR) is 115 cm³/mol. The second-order valence-corrected chi connectivity index (χ2v) is 7.96. The molecule has 2 aromatic rings. The van der Waals surface area contributed by atoms with Gasteiger partial charge in [-0.3, -0.25) is 9.59 Å². The number of ketones is 2. The van der Waals surface area contributed by atoms with Gasteiger partial charge in [-0.2, -0.15) is 0 Å². The number of nitrogens with zero attached hydrogens (tertiary/aromatic N) is 2. The highest BCUT2D eigenvalue weighted by atomic mass is 16.1. The SMILES string of the molecule is CN(C)C[C@H](CC[C@@H](CN(C)C)C(=O)c1ccccc1)C(=O)c1ccccc1. The number of Topliss-reactive ketones (excluding diaryl/α,β-unsaturated/α-hetero) is 2. The second-order valence-electron chi connectivity index (χ2n) is 7.96. The molecule has 0 unspecified atom stereocenters. The highest BCUT2D eigenvalue weighted by Crippen LogP contribution is 2.22. The van der Waals surface area contributed by atoms with E-state index in [-0.39, 0.29) is 23.4 Å². The molecule has 0 amide bonds. The van der Waals surface area contributed by atoms with E-state index < -0.39 is 0 Å². The lowest BCUT2D eigenvalue weighted by atomic mass is 9.86. The number of rotatable bonds is 11. The van der Waals surface area contributed by atoms with Crippen molar-refractivity contribution < 1.29 is 9.59 Å². The Kier molecular flexibility index (Phi) is 8.55. The van der Waals surface area contributed by atoms with Crippen LogP contribution >= 0.6 is 0 Å². The smallest absolute Gasteiger partial charge is 0.167 e. The van der Waals surface area contributed by atoms with Gasteiger partial charge in [-0.25, -0.2) is 0 Å². The summed E-state index contributed by atoms with van der Waals surface area (Å²) < 4.78 is 0. The topological polar surface area (TPSA) is 40.6 Å². The van der Waals surface area contributed by atoms with Crippen molar-refractivity contribution in [1.29, 1.82) is 0 Å². The number of carbonyl (C=O) groups is 2. The molecule has 2 aromatic carbocycles. The zero-order valence-electron chi connectivity index (χ0n) is 17.5. The number of hydrogen-bond acceptors (Lipinski definition) is 4. The van der Waals surface area contributed by atoms with Crippen LogP contribution in [0.5, 0.6) is 0 Å². The molecule has 0 fully saturated rings. The van der Waals surface area contributed by atoms with Gasteiger partial charge < -0.3 is 9.80 Å². The number of hydrogen-bond donors (Lipinski definition) is 0. The van der Waals surface area contributed by atoms with E-state index in [9.17, 15) is 9.59 Å². The molecular formula is C24H32N2O2. The molecule has 0 spiro atoms. The minimum Gasteiger partial charge on any atom is -0.309 e. The molecule has 0 saturated carbocycles. The first-order chi connectivity index (χ1) is 13.4. The summed E-state index contributed by atoms with van der Waals surface area (Å²) in [6.07, 6.45) is 1.39. The maximum atomic E-state index is 13.0. The molecule has 0 aliphatic carbocycles. The third-order valence-corrected chi connectivity index (χ3v) is 4.89. The quantitative estimate of drug-likeness (QED) is 0.555. The molecule has 0 bridgehead atoms. The van der Waals surface area contributed by atoms with Gasteiger partial charge in [-0.05, 0) is 41.0 Å². The standard InChI is InChI=1S/C24H32N2O2/c1-25(2)17-21(23(27)19-11-7-5-8-12-19)15-16-22(18-26(3)4)24(28)20-13-9-6-10-14-20/h5-14,21-22H,15-18H2,1-4H3/t21-,22-/m0/s1. The first kappa shape index (κ1) is 22.0. The van der Waals surface area contributed by atoms with Crippen molar-refractivity contribution in [2.24, 2.45) is 11.8 Å². The van der Waals surface area contributed by atoms with Crippen molar-refractivity contribution in [2.75, 3.05) is 41.3 Å². The molecule has 2 rings (SSSR count). The summed E-state index contributed by atoms with van der Waals surface area (Å²) in [5, 5.41) is 0. The van der Waals surface area contributed by atoms with E-state index in [1.807, 2.05) is 98.7 Å². The van der Waals surface area contributed by atoms with Gasteiger partial charge in [0.1, 0.15) is 0 Å². The van der Waals surface area contributed by atoms with Gasteiger partial charge in [0.2, 0.25) is 0 Å². The Morgan fingerprint density at radius 3 is 1.25 bits per heavy atom. The molecule has 0 radical (unpaired) electrons. The summed E-state index contributed by atoms with van der Waals surface area (Å²) in [6, 6.07) is 18.9. The molecule has 0 heterocycles. The van der Waals surface area contributed by atoms with Gasteiger partial charge in [0, 0.05) is 36.1 Å². The van der Waals surface area contributed by atoms with Crippen LogP contribution in [-0.2, 0) is 0 Å². The van der Waals surface area contributed by atoms with Gasteiger partial charge in [-0.15, -0.1) is 0 Å². The van der Waals surface area contributed by atoms with Crippen LogP contribution in [0.2, 0.25) is 0 Å². The van der Waals surface area contributed by atoms with E-state index >= 15 is 0 Å². The molecule has 0 N–H and O–H groups in total. The van der Waals surface area contributed by atoms with Crippen LogP contribution in [0, 0.1) is 11.8 Å². The van der Waals surface area contributed by atoms with E-state index in [0.29, 0.717) is 25.9 Å². The summed E-state index contributed by atoms with van der Waals surface area (Å²) >= 11 is 0. The van der Waals surface area contributed by atoms with Crippen LogP contribution in [-0.4, -0.2) is 62.6 Å². The van der Waals surface area contributed by atoms with Gasteiger partial charge in [-0.1, -0.05) is 60.7 Å². The second kappa shape index (κ2) is 10.9. The van der Waals surface area contributed by atoms with E-state index in [0.717, 1.165) is 11.1 Å². The van der Waals surface area contributed by atoms with E-state index in [1.54, 1.807) is 0 Å². The lowest BCUT2D eigenvalue weighted by molar-refractivity contribution is 0.0835.